The van der Waals surface area contributed by atoms with E-state index in [4.69, 9.17) is 0 Å². The lowest BCUT2D eigenvalue weighted by Gasteiger charge is -2.37. The fourth-order valence-corrected chi connectivity index (χ4v) is 4.41. The largest absolute Gasteiger partial charge is 1.00 e. The number of aliphatic hydroxyl groups is 1. The van der Waals surface area contributed by atoms with Gasteiger partial charge in [0.15, 0.2) is 6.23 Å². The number of quaternary nitrogens is 1. The number of unbranched alkanes of at least 4 members (excludes halogenated alkanes) is 18. The molecule has 0 saturated heterocycles. The van der Waals surface area contributed by atoms with Crippen molar-refractivity contribution in [1.29, 1.82) is 0 Å². The normalized spacial score (nSPS) is 12.7. The molecule has 0 heterocycles. The van der Waals surface area contributed by atoms with Gasteiger partial charge >= 0.3 is 0 Å². The molecule has 0 spiro atoms. The average Bonchev–Trinajstić information content (AvgIpc) is 2.70. The molecule has 0 bridgehead atoms. The Morgan fingerprint density at radius 1 is 0.500 bits per heavy atom. The summed E-state index contributed by atoms with van der Waals surface area (Å²) in [5.41, 5.74) is 0. The molecule has 0 aromatic rings. The molecule has 3 heteroatoms. The van der Waals surface area contributed by atoms with Crippen LogP contribution in [0.2, 0.25) is 0 Å². The van der Waals surface area contributed by atoms with Gasteiger partial charge in [0.1, 0.15) is 0 Å². The molecule has 0 radical (unpaired) electrons. The van der Waals surface area contributed by atoms with Crippen LogP contribution in [0.5, 0.6) is 0 Å². The summed E-state index contributed by atoms with van der Waals surface area (Å²) < 4.78 is 0.855. The van der Waals surface area contributed by atoms with Gasteiger partial charge in [-0.3, -0.25) is 0 Å². The Kier molecular flexibility index (Phi) is 25.8. The molecule has 0 saturated carbocycles. The molecule has 0 aliphatic rings. The van der Waals surface area contributed by atoms with E-state index in [2.05, 4.69) is 20.9 Å². The highest BCUT2D eigenvalue weighted by atomic mass is 35.5. The summed E-state index contributed by atoms with van der Waals surface area (Å²) in [7, 11) is 2.27. The maximum Gasteiger partial charge on any atom is 0.187 e. The first kappa shape index (κ1) is 32.4. The Balaban J connectivity index is 0. The highest BCUT2D eigenvalue weighted by molar-refractivity contribution is 4.51. The third-order valence-electron chi connectivity index (χ3n) is 6.95. The highest BCUT2D eigenvalue weighted by Gasteiger charge is 2.26. The van der Waals surface area contributed by atoms with E-state index in [9.17, 15) is 5.11 Å². The minimum atomic E-state index is -0.230. The molecular formula is C27H58ClNO. The van der Waals surface area contributed by atoms with E-state index < -0.39 is 0 Å². The molecule has 0 aromatic carbocycles. The Hall–Kier alpha value is 0.210. The molecule has 0 fully saturated rings. The second-order valence-electron chi connectivity index (χ2n) is 9.92. The maximum absolute atomic E-state index is 10.3. The monoisotopic (exact) mass is 447 g/mol. The Labute approximate surface area is 197 Å². The van der Waals surface area contributed by atoms with Crippen LogP contribution < -0.4 is 12.4 Å². The van der Waals surface area contributed by atoms with Crippen molar-refractivity contribution in [3.05, 3.63) is 0 Å². The Morgan fingerprint density at radius 2 is 0.733 bits per heavy atom. The topological polar surface area (TPSA) is 20.2 Å². The lowest BCUT2D eigenvalue weighted by molar-refractivity contribution is -0.952. The van der Waals surface area contributed by atoms with Crippen LogP contribution in [0.25, 0.3) is 0 Å². The molecule has 0 amide bonds. The van der Waals surface area contributed by atoms with Crippen molar-refractivity contribution in [3.63, 3.8) is 0 Å². The fraction of sp³-hybridized carbons (Fsp3) is 1.00. The maximum atomic E-state index is 10.3. The first-order valence-corrected chi connectivity index (χ1v) is 13.6. The average molecular weight is 448 g/mol. The van der Waals surface area contributed by atoms with Gasteiger partial charge in [0, 0.05) is 6.92 Å². The predicted octanol–water partition coefficient (Wildman–Crippen LogP) is 5.62. The van der Waals surface area contributed by atoms with Crippen LogP contribution in [0, 0.1) is 0 Å². The van der Waals surface area contributed by atoms with Crippen molar-refractivity contribution >= 4 is 0 Å². The number of nitrogens with zero attached hydrogens (tertiary/aromatic N) is 1. The standard InChI is InChI=1S/C27H58NO.ClH/c1-5-7-9-11-13-15-17-19-21-23-25-28(4,27(3)29)26-24-22-20-18-16-14-12-10-8-6-2;/h27,29H,5-26H2,1-4H3;1H/q+1;/p-1. The van der Waals surface area contributed by atoms with Crippen LogP contribution in [-0.4, -0.2) is 36.0 Å². The summed E-state index contributed by atoms with van der Waals surface area (Å²) in [6, 6.07) is 0. The summed E-state index contributed by atoms with van der Waals surface area (Å²) in [5, 5.41) is 10.3. The molecule has 0 aliphatic carbocycles. The van der Waals surface area contributed by atoms with E-state index >= 15 is 0 Å². The van der Waals surface area contributed by atoms with Crippen molar-refractivity contribution in [3.8, 4) is 0 Å². The predicted molar refractivity (Wildman–Crippen MR) is 131 cm³/mol. The molecule has 1 atom stereocenters. The minimum Gasteiger partial charge on any atom is -1.00 e. The first-order valence-electron chi connectivity index (χ1n) is 13.6. The Bertz CT molecular complexity index is 298. The summed E-state index contributed by atoms with van der Waals surface area (Å²) in [4.78, 5) is 0. The SMILES string of the molecule is CCCCCCCCCCCC[N+](C)(CCCCCCCCCCCC)C(C)O.[Cl-]. The molecule has 2 nitrogen and oxygen atoms in total. The van der Waals surface area contributed by atoms with E-state index in [1.54, 1.807) is 0 Å². The highest BCUT2D eigenvalue weighted by Crippen LogP contribution is 2.17. The molecule has 0 aromatic heterocycles. The molecule has 1 N–H and O–H groups in total. The van der Waals surface area contributed by atoms with Gasteiger partial charge in [0.05, 0.1) is 20.1 Å². The van der Waals surface area contributed by atoms with Crippen LogP contribution >= 0.6 is 0 Å². The van der Waals surface area contributed by atoms with Crippen molar-refractivity contribution in [1.82, 2.24) is 0 Å². The zero-order chi connectivity index (χ0) is 21.6. The number of halogens is 1. The fourth-order valence-electron chi connectivity index (χ4n) is 4.41. The zero-order valence-corrected chi connectivity index (χ0v) is 22.2. The van der Waals surface area contributed by atoms with Crippen LogP contribution in [0.1, 0.15) is 149 Å². The molecule has 184 valence electrons. The van der Waals surface area contributed by atoms with Gasteiger partial charge < -0.3 is 22.0 Å². The second-order valence-corrected chi connectivity index (χ2v) is 9.92. The summed E-state index contributed by atoms with van der Waals surface area (Å²) >= 11 is 0. The molecule has 1 unspecified atom stereocenters. The lowest BCUT2D eigenvalue weighted by atomic mass is 10.1. The van der Waals surface area contributed by atoms with Crippen molar-refractivity contribution < 1.29 is 22.0 Å². The quantitative estimate of drug-likeness (QED) is 0.122. The zero-order valence-electron chi connectivity index (χ0n) is 21.4. The third-order valence-corrected chi connectivity index (χ3v) is 6.95. The molecule has 30 heavy (non-hydrogen) atoms. The number of hydrogen-bond donors (Lipinski definition) is 1. The van der Waals surface area contributed by atoms with E-state index in [0.29, 0.717) is 0 Å². The van der Waals surface area contributed by atoms with Gasteiger partial charge in [-0.1, -0.05) is 117 Å². The minimum absolute atomic E-state index is 0. The second kappa shape index (κ2) is 23.9. The van der Waals surface area contributed by atoms with E-state index in [-0.39, 0.29) is 18.6 Å². The van der Waals surface area contributed by atoms with Crippen LogP contribution in [0.3, 0.4) is 0 Å². The van der Waals surface area contributed by atoms with Crippen LogP contribution in [0.4, 0.5) is 0 Å². The first-order chi connectivity index (χ1) is 14.1. The van der Waals surface area contributed by atoms with Crippen molar-refractivity contribution in [2.75, 3.05) is 20.1 Å². The summed E-state index contributed by atoms with van der Waals surface area (Å²) in [6.45, 7) is 8.86. The molecule has 0 aliphatic heterocycles. The number of rotatable bonds is 23. The van der Waals surface area contributed by atoms with E-state index in [1.165, 1.54) is 128 Å². The van der Waals surface area contributed by atoms with E-state index in [1.807, 2.05) is 6.92 Å². The van der Waals surface area contributed by atoms with Crippen LogP contribution in [0.15, 0.2) is 0 Å². The van der Waals surface area contributed by atoms with Crippen molar-refractivity contribution in [2.45, 2.75) is 155 Å². The van der Waals surface area contributed by atoms with Crippen molar-refractivity contribution in [2.24, 2.45) is 0 Å². The van der Waals surface area contributed by atoms with Gasteiger partial charge in [-0.2, -0.15) is 0 Å². The Morgan fingerprint density at radius 3 is 0.967 bits per heavy atom. The van der Waals surface area contributed by atoms with Gasteiger partial charge in [-0.15, -0.1) is 0 Å². The van der Waals surface area contributed by atoms with E-state index in [0.717, 1.165) is 17.6 Å². The lowest BCUT2D eigenvalue weighted by Crippen LogP contribution is -3.00. The molecule has 0 rings (SSSR count). The van der Waals surface area contributed by atoms with Crippen LogP contribution in [-0.2, 0) is 0 Å². The smallest absolute Gasteiger partial charge is 0.187 e. The number of aliphatic hydroxyl groups excluding tert-OH is 1. The third kappa shape index (κ3) is 20.1. The molecular weight excluding hydrogens is 390 g/mol. The summed E-state index contributed by atoms with van der Waals surface area (Å²) in [5.74, 6) is 0. The van der Waals surface area contributed by atoms with Gasteiger partial charge in [-0.25, -0.2) is 0 Å². The summed E-state index contributed by atoms with van der Waals surface area (Å²) in [6.07, 6.45) is 27.5. The number of hydrogen-bond acceptors (Lipinski definition) is 1. The van der Waals surface area contributed by atoms with Gasteiger partial charge in [-0.05, 0) is 25.7 Å². The van der Waals surface area contributed by atoms with Gasteiger partial charge in [0.2, 0.25) is 0 Å². The van der Waals surface area contributed by atoms with Gasteiger partial charge in [0.25, 0.3) is 0 Å².